The van der Waals surface area contributed by atoms with Gasteiger partial charge in [-0.05, 0) is 12.1 Å². The minimum atomic E-state index is -0.100. The zero-order chi connectivity index (χ0) is 14.8. The first kappa shape index (κ1) is 13.6. The third-order valence-electron chi connectivity index (χ3n) is 3.24. The molecule has 0 radical (unpaired) electrons. The summed E-state index contributed by atoms with van der Waals surface area (Å²) in [6, 6.07) is 9.07. The van der Waals surface area contributed by atoms with Crippen molar-refractivity contribution in [2.75, 3.05) is 7.05 Å². The van der Waals surface area contributed by atoms with Crippen molar-refractivity contribution in [1.82, 2.24) is 20.1 Å². The van der Waals surface area contributed by atoms with Crippen LogP contribution in [-0.4, -0.2) is 33.0 Å². The molecule has 3 rings (SSSR count). The normalized spacial score (nSPS) is 10.8. The Hall–Kier alpha value is -2.40. The lowest BCUT2D eigenvalue weighted by atomic mass is 10.1. The third kappa shape index (κ3) is 2.73. The summed E-state index contributed by atoms with van der Waals surface area (Å²) in [5, 5.41) is 7.72. The van der Waals surface area contributed by atoms with Gasteiger partial charge in [-0.2, -0.15) is 5.10 Å². The number of halogens is 1. The predicted molar refractivity (Wildman–Crippen MR) is 81.1 cm³/mol. The fourth-order valence-corrected chi connectivity index (χ4v) is 2.44. The van der Waals surface area contributed by atoms with Gasteiger partial charge in [-0.3, -0.25) is 9.89 Å². The Morgan fingerprint density at radius 2 is 2.19 bits per heavy atom. The third-order valence-corrected chi connectivity index (χ3v) is 3.43. The Labute approximate surface area is 126 Å². The van der Waals surface area contributed by atoms with E-state index in [4.69, 9.17) is 11.6 Å². The number of aromatic nitrogens is 3. The van der Waals surface area contributed by atoms with E-state index in [1.54, 1.807) is 30.4 Å². The molecule has 0 atom stereocenters. The summed E-state index contributed by atoms with van der Waals surface area (Å²) in [6.45, 7) is 0.476. The Bertz CT molecular complexity index is 785. The van der Waals surface area contributed by atoms with Gasteiger partial charge in [-0.25, -0.2) is 4.98 Å². The summed E-state index contributed by atoms with van der Waals surface area (Å²) >= 11 is 6.02. The van der Waals surface area contributed by atoms with Crippen LogP contribution in [0.3, 0.4) is 0 Å². The highest BCUT2D eigenvalue weighted by atomic mass is 35.5. The van der Waals surface area contributed by atoms with Crippen LogP contribution in [0.1, 0.15) is 15.9 Å². The average molecular weight is 301 g/mol. The van der Waals surface area contributed by atoms with Gasteiger partial charge in [-0.15, -0.1) is 0 Å². The molecule has 2 aromatic heterocycles. The second-order valence-electron chi connectivity index (χ2n) is 4.78. The fourth-order valence-electron chi connectivity index (χ4n) is 2.24. The smallest absolute Gasteiger partial charge is 0.254 e. The van der Waals surface area contributed by atoms with E-state index in [-0.39, 0.29) is 5.91 Å². The number of para-hydroxylation sites is 1. The van der Waals surface area contributed by atoms with Gasteiger partial charge in [0.05, 0.1) is 17.3 Å². The maximum Gasteiger partial charge on any atom is 0.254 e. The SMILES string of the molecule is CN(Cc1cn[nH]c1)C(=O)c1cc(Cl)nc2ccccc12. The Morgan fingerprint density at radius 3 is 2.95 bits per heavy atom. The first-order valence-corrected chi connectivity index (χ1v) is 6.81. The predicted octanol–water partition coefficient (Wildman–Crippen LogP) is 2.88. The highest BCUT2D eigenvalue weighted by molar-refractivity contribution is 6.30. The molecular formula is C15H13ClN4O. The highest BCUT2D eigenvalue weighted by Gasteiger charge is 2.16. The fraction of sp³-hybridized carbons (Fsp3) is 0.133. The molecule has 0 saturated heterocycles. The molecule has 0 fully saturated rings. The molecule has 1 amide bonds. The molecule has 3 aromatic rings. The molecule has 0 bridgehead atoms. The Balaban J connectivity index is 1.97. The van der Waals surface area contributed by atoms with E-state index < -0.39 is 0 Å². The van der Waals surface area contributed by atoms with Crippen molar-refractivity contribution in [2.24, 2.45) is 0 Å². The minimum absolute atomic E-state index is 0.100. The van der Waals surface area contributed by atoms with Gasteiger partial charge in [0.25, 0.3) is 5.91 Å². The van der Waals surface area contributed by atoms with Crippen LogP contribution in [0.25, 0.3) is 10.9 Å². The zero-order valence-corrected chi connectivity index (χ0v) is 12.1. The van der Waals surface area contributed by atoms with E-state index in [0.717, 1.165) is 10.9 Å². The number of carbonyl (C=O) groups excluding carboxylic acids is 1. The monoisotopic (exact) mass is 300 g/mol. The van der Waals surface area contributed by atoms with E-state index >= 15 is 0 Å². The Kier molecular flexibility index (Phi) is 3.58. The van der Waals surface area contributed by atoms with Crippen LogP contribution in [-0.2, 0) is 6.54 Å². The molecule has 21 heavy (non-hydrogen) atoms. The van der Waals surface area contributed by atoms with Crippen LogP contribution in [0.5, 0.6) is 0 Å². The molecule has 1 N–H and O–H groups in total. The van der Waals surface area contributed by atoms with E-state index in [1.165, 1.54) is 0 Å². The lowest BCUT2D eigenvalue weighted by molar-refractivity contribution is 0.0787. The topological polar surface area (TPSA) is 61.9 Å². The van der Waals surface area contributed by atoms with Crippen LogP contribution in [0.2, 0.25) is 5.15 Å². The number of rotatable bonds is 3. The highest BCUT2D eigenvalue weighted by Crippen LogP contribution is 2.22. The van der Waals surface area contributed by atoms with Gasteiger partial charge in [0.2, 0.25) is 0 Å². The molecule has 106 valence electrons. The van der Waals surface area contributed by atoms with Crippen LogP contribution in [0, 0.1) is 0 Å². The number of aromatic amines is 1. The van der Waals surface area contributed by atoms with Crippen molar-refractivity contribution in [3.63, 3.8) is 0 Å². The van der Waals surface area contributed by atoms with E-state index in [1.807, 2.05) is 24.3 Å². The number of hydrogen-bond acceptors (Lipinski definition) is 3. The van der Waals surface area contributed by atoms with Gasteiger partial charge < -0.3 is 4.90 Å². The van der Waals surface area contributed by atoms with Gasteiger partial charge in [0.1, 0.15) is 5.15 Å². The minimum Gasteiger partial charge on any atom is -0.337 e. The number of hydrogen-bond donors (Lipinski definition) is 1. The summed E-state index contributed by atoms with van der Waals surface area (Å²) in [6.07, 6.45) is 3.46. The molecule has 0 spiro atoms. The number of fused-ring (bicyclic) bond motifs is 1. The van der Waals surface area contributed by atoms with Crippen LogP contribution in [0.15, 0.2) is 42.7 Å². The zero-order valence-electron chi connectivity index (χ0n) is 11.4. The Morgan fingerprint density at radius 1 is 1.38 bits per heavy atom. The maximum absolute atomic E-state index is 12.6. The first-order chi connectivity index (χ1) is 10.1. The van der Waals surface area contributed by atoms with Crippen molar-refractivity contribution in [2.45, 2.75) is 6.54 Å². The lowest BCUT2D eigenvalue weighted by Gasteiger charge is -2.17. The molecule has 0 unspecified atom stereocenters. The summed E-state index contributed by atoms with van der Waals surface area (Å²) < 4.78 is 0. The van der Waals surface area contributed by atoms with Crippen molar-refractivity contribution < 1.29 is 4.79 Å². The number of nitrogens with one attached hydrogen (secondary N) is 1. The molecule has 0 aliphatic carbocycles. The molecule has 0 aliphatic heterocycles. The quantitative estimate of drug-likeness (QED) is 0.757. The van der Waals surface area contributed by atoms with Crippen molar-refractivity contribution in [1.29, 1.82) is 0 Å². The second-order valence-corrected chi connectivity index (χ2v) is 5.16. The van der Waals surface area contributed by atoms with Crippen LogP contribution in [0.4, 0.5) is 0 Å². The van der Waals surface area contributed by atoms with E-state index in [9.17, 15) is 4.79 Å². The molecule has 1 aromatic carbocycles. The van der Waals surface area contributed by atoms with Gasteiger partial charge in [0, 0.05) is 30.7 Å². The standard InChI is InChI=1S/C15H13ClN4O/c1-20(9-10-7-17-18-8-10)15(21)12-6-14(16)19-13-5-3-2-4-11(12)13/h2-8H,9H2,1H3,(H,17,18). The van der Waals surface area contributed by atoms with Gasteiger partial charge in [0.15, 0.2) is 0 Å². The second kappa shape index (κ2) is 5.54. The molecule has 2 heterocycles. The maximum atomic E-state index is 12.6. The summed E-state index contributed by atoms with van der Waals surface area (Å²) in [7, 11) is 1.75. The first-order valence-electron chi connectivity index (χ1n) is 6.43. The van der Waals surface area contributed by atoms with Crippen molar-refractivity contribution in [3.8, 4) is 0 Å². The molecule has 0 aliphatic rings. The molecule has 0 saturated carbocycles. The number of nitrogens with zero attached hydrogens (tertiary/aromatic N) is 3. The summed E-state index contributed by atoms with van der Waals surface area (Å²) in [5.41, 5.74) is 2.21. The van der Waals surface area contributed by atoms with Crippen LogP contribution < -0.4 is 0 Å². The number of carbonyl (C=O) groups is 1. The van der Waals surface area contributed by atoms with E-state index in [2.05, 4.69) is 15.2 Å². The van der Waals surface area contributed by atoms with Crippen molar-refractivity contribution >= 4 is 28.4 Å². The summed E-state index contributed by atoms with van der Waals surface area (Å²) in [4.78, 5) is 18.5. The van der Waals surface area contributed by atoms with Crippen LogP contribution >= 0.6 is 11.6 Å². The molecule has 5 nitrogen and oxygen atoms in total. The number of benzene rings is 1. The summed E-state index contributed by atoms with van der Waals surface area (Å²) in [5.74, 6) is -0.100. The largest absolute Gasteiger partial charge is 0.337 e. The van der Waals surface area contributed by atoms with Crippen molar-refractivity contribution in [3.05, 3.63) is 59.0 Å². The molecule has 6 heteroatoms. The van der Waals surface area contributed by atoms with Gasteiger partial charge >= 0.3 is 0 Å². The van der Waals surface area contributed by atoms with Gasteiger partial charge in [-0.1, -0.05) is 29.8 Å². The number of pyridine rings is 1. The van der Waals surface area contributed by atoms with E-state index in [0.29, 0.717) is 22.8 Å². The molecular weight excluding hydrogens is 288 g/mol. The average Bonchev–Trinajstić information content (AvgIpc) is 2.98. The number of H-pyrrole nitrogens is 1. The lowest BCUT2D eigenvalue weighted by Crippen LogP contribution is -2.26. The number of amides is 1.